The third-order valence-electron chi connectivity index (χ3n) is 2.80. The monoisotopic (exact) mass is 186 g/mol. The van der Waals surface area contributed by atoms with Crippen LogP contribution >= 0.6 is 0 Å². The molecule has 1 aliphatic rings. The lowest BCUT2D eigenvalue weighted by atomic mass is 10.1. The lowest BCUT2D eigenvalue weighted by molar-refractivity contribution is -0.0500. The number of ether oxygens (including phenoxy) is 1. The number of morpholine rings is 1. The minimum absolute atomic E-state index is 0.196. The van der Waals surface area contributed by atoms with Crippen molar-refractivity contribution in [3.8, 4) is 0 Å². The van der Waals surface area contributed by atoms with E-state index in [2.05, 4.69) is 25.7 Å². The normalized spacial score (nSPS) is 27.9. The van der Waals surface area contributed by atoms with E-state index in [1.807, 2.05) is 0 Å². The molecular formula is C10H22N2O. The molecule has 0 spiro atoms. The summed E-state index contributed by atoms with van der Waals surface area (Å²) >= 11 is 0. The molecule has 1 aliphatic heterocycles. The van der Waals surface area contributed by atoms with Crippen molar-refractivity contribution in [1.82, 2.24) is 4.90 Å². The minimum atomic E-state index is 0.196. The van der Waals surface area contributed by atoms with Crippen molar-refractivity contribution in [3.63, 3.8) is 0 Å². The van der Waals surface area contributed by atoms with Gasteiger partial charge in [-0.05, 0) is 20.3 Å². The second-order valence-corrected chi connectivity index (χ2v) is 4.07. The number of nitrogens with zero attached hydrogens (tertiary/aromatic N) is 1. The van der Waals surface area contributed by atoms with Crippen molar-refractivity contribution < 1.29 is 4.74 Å². The number of rotatable bonds is 3. The van der Waals surface area contributed by atoms with E-state index in [9.17, 15) is 0 Å². The summed E-state index contributed by atoms with van der Waals surface area (Å²) in [5.41, 5.74) is 5.96. The van der Waals surface area contributed by atoms with Gasteiger partial charge in [0, 0.05) is 25.2 Å². The standard InChI is InChI=1S/C10H22N2O/c1-4-9(11)10-7-12(8(2)3)5-6-13-10/h8-10H,4-7,11H2,1-3H3/t9-,10?/m0/s1. The first kappa shape index (κ1) is 11.0. The van der Waals surface area contributed by atoms with Crippen molar-refractivity contribution >= 4 is 0 Å². The van der Waals surface area contributed by atoms with Crippen LogP contribution in [-0.4, -0.2) is 42.8 Å². The maximum atomic E-state index is 5.96. The molecule has 0 amide bonds. The molecule has 0 saturated carbocycles. The van der Waals surface area contributed by atoms with Gasteiger partial charge in [0.1, 0.15) is 0 Å². The van der Waals surface area contributed by atoms with E-state index in [1.165, 1.54) is 0 Å². The van der Waals surface area contributed by atoms with Crippen LogP contribution in [0.15, 0.2) is 0 Å². The average Bonchev–Trinajstić information content (AvgIpc) is 2.17. The number of hydrogen-bond acceptors (Lipinski definition) is 3. The van der Waals surface area contributed by atoms with Gasteiger partial charge in [0.15, 0.2) is 0 Å². The summed E-state index contributed by atoms with van der Waals surface area (Å²) in [5.74, 6) is 0. The molecule has 1 unspecified atom stereocenters. The maximum absolute atomic E-state index is 5.96. The number of hydrogen-bond donors (Lipinski definition) is 1. The largest absolute Gasteiger partial charge is 0.374 e. The first-order valence-corrected chi connectivity index (χ1v) is 5.26. The fourth-order valence-electron chi connectivity index (χ4n) is 1.69. The van der Waals surface area contributed by atoms with Gasteiger partial charge in [-0.2, -0.15) is 0 Å². The molecule has 2 atom stereocenters. The van der Waals surface area contributed by atoms with Gasteiger partial charge in [-0.3, -0.25) is 4.90 Å². The molecule has 0 radical (unpaired) electrons. The third-order valence-corrected chi connectivity index (χ3v) is 2.80. The van der Waals surface area contributed by atoms with Crippen LogP contribution in [0.25, 0.3) is 0 Å². The zero-order valence-electron chi connectivity index (χ0n) is 8.99. The predicted molar refractivity (Wildman–Crippen MR) is 54.7 cm³/mol. The predicted octanol–water partition coefficient (Wildman–Crippen LogP) is 0.833. The topological polar surface area (TPSA) is 38.5 Å². The first-order valence-electron chi connectivity index (χ1n) is 5.26. The van der Waals surface area contributed by atoms with Crippen LogP contribution in [0.5, 0.6) is 0 Å². The zero-order chi connectivity index (χ0) is 9.84. The van der Waals surface area contributed by atoms with Gasteiger partial charge in [0.2, 0.25) is 0 Å². The van der Waals surface area contributed by atoms with E-state index in [4.69, 9.17) is 10.5 Å². The molecule has 1 saturated heterocycles. The summed E-state index contributed by atoms with van der Waals surface area (Å²) in [6.45, 7) is 9.43. The summed E-state index contributed by atoms with van der Waals surface area (Å²) in [6, 6.07) is 0.803. The molecule has 0 aromatic heterocycles. The Labute approximate surface area is 81.2 Å². The summed E-state index contributed by atoms with van der Waals surface area (Å²) in [5, 5.41) is 0. The Bertz CT molecular complexity index is 150. The lowest BCUT2D eigenvalue weighted by Crippen LogP contribution is -2.52. The SMILES string of the molecule is CC[C@H](N)C1CN(C(C)C)CCO1. The van der Waals surface area contributed by atoms with Crippen LogP contribution in [-0.2, 0) is 4.74 Å². The molecule has 13 heavy (non-hydrogen) atoms. The van der Waals surface area contributed by atoms with Crippen LogP contribution in [0.2, 0.25) is 0 Å². The molecule has 2 N–H and O–H groups in total. The quantitative estimate of drug-likeness (QED) is 0.709. The molecule has 0 bridgehead atoms. The van der Waals surface area contributed by atoms with Crippen LogP contribution in [0, 0.1) is 0 Å². The average molecular weight is 186 g/mol. The molecule has 1 fully saturated rings. The minimum Gasteiger partial charge on any atom is -0.374 e. The van der Waals surface area contributed by atoms with Crippen molar-refractivity contribution in [1.29, 1.82) is 0 Å². The van der Waals surface area contributed by atoms with Gasteiger partial charge in [0.25, 0.3) is 0 Å². The number of nitrogens with two attached hydrogens (primary N) is 1. The Morgan fingerprint density at radius 3 is 2.77 bits per heavy atom. The second-order valence-electron chi connectivity index (χ2n) is 4.07. The van der Waals surface area contributed by atoms with E-state index in [-0.39, 0.29) is 12.1 Å². The summed E-state index contributed by atoms with van der Waals surface area (Å²) in [7, 11) is 0. The van der Waals surface area contributed by atoms with Crippen molar-refractivity contribution in [3.05, 3.63) is 0 Å². The molecule has 0 aromatic carbocycles. The van der Waals surface area contributed by atoms with Crippen LogP contribution in [0.4, 0.5) is 0 Å². The summed E-state index contributed by atoms with van der Waals surface area (Å²) in [6.07, 6.45) is 1.23. The van der Waals surface area contributed by atoms with E-state index in [0.717, 1.165) is 26.1 Å². The molecule has 3 heteroatoms. The van der Waals surface area contributed by atoms with Crippen LogP contribution in [0.3, 0.4) is 0 Å². The fourth-order valence-corrected chi connectivity index (χ4v) is 1.69. The van der Waals surface area contributed by atoms with Gasteiger partial charge in [-0.25, -0.2) is 0 Å². The van der Waals surface area contributed by atoms with Crippen LogP contribution < -0.4 is 5.73 Å². The van der Waals surface area contributed by atoms with E-state index >= 15 is 0 Å². The Balaban J connectivity index is 2.41. The second kappa shape index (κ2) is 4.94. The highest BCUT2D eigenvalue weighted by Crippen LogP contribution is 2.11. The molecule has 1 rings (SSSR count). The molecule has 0 aliphatic carbocycles. The molecule has 78 valence electrons. The van der Waals surface area contributed by atoms with Crippen molar-refractivity contribution in [2.24, 2.45) is 5.73 Å². The lowest BCUT2D eigenvalue weighted by Gasteiger charge is -2.37. The molecule has 1 heterocycles. The van der Waals surface area contributed by atoms with Crippen molar-refractivity contribution in [2.45, 2.75) is 45.4 Å². The Morgan fingerprint density at radius 1 is 1.54 bits per heavy atom. The highest BCUT2D eigenvalue weighted by atomic mass is 16.5. The Hall–Kier alpha value is -0.120. The molecule has 3 nitrogen and oxygen atoms in total. The Kier molecular flexibility index (Phi) is 4.16. The van der Waals surface area contributed by atoms with Gasteiger partial charge < -0.3 is 10.5 Å². The van der Waals surface area contributed by atoms with E-state index in [0.29, 0.717) is 6.04 Å². The molecular weight excluding hydrogens is 164 g/mol. The van der Waals surface area contributed by atoms with Crippen LogP contribution in [0.1, 0.15) is 27.2 Å². The maximum Gasteiger partial charge on any atom is 0.0853 e. The highest BCUT2D eigenvalue weighted by molar-refractivity contribution is 4.80. The summed E-state index contributed by atoms with van der Waals surface area (Å²) in [4.78, 5) is 2.43. The highest BCUT2D eigenvalue weighted by Gasteiger charge is 2.25. The Morgan fingerprint density at radius 2 is 2.23 bits per heavy atom. The van der Waals surface area contributed by atoms with Gasteiger partial charge in [-0.1, -0.05) is 6.92 Å². The van der Waals surface area contributed by atoms with E-state index < -0.39 is 0 Å². The third kappa shape index (κ3) is 2.93. The summed E-state index contributed by atoms with van der Waals surface area (Å²) < 4.78 is 5.64. The zero-order valence-corrected chi connectivity index (χ0v) is 8.99. The van der Waals surface area contributed by atoms with Crippen molar-refractivity contribution in [2.75, 3.05) is 19.7 Å². The smallest absolute Gasteiger partial charge is 0.0853 e. The van der Waals surface area contributed by atoms with Gasteiger partial charge >= 0.3 is 0 Å². The fraction of sp³-hybridized carbons (Fsp3) is 1.00. The van der Waals surface area contributed by atoms with Gasteiger partial charge in [0.05, 0.1) is 12.7 Å². The first-order chi connectivity index (χ1) is 6.15. The molecule has 0 aromatic rings. The van der Waals surface area contributed by atoms with E-state index in [1.54, 1.807) is 0 Å². The van der Waals surface area contributed by atoms with Gasteiger partial charge in [-0.15, -0.1) is 0 Å².